The number of aryl methyl sites for hydroxylation is 1. The molecule has 1 saturated heterocycles. The van der Waals surface area contributed by atoms with Crippen molar-refractivity contribution in [2.75, 3.05) is 26.4 Å². The number of amides is 1. The number of hydrogen-bond acceptors (Lipinski definition) is 4. The van der Waals surface area contributed by atoms with Crippen LogP contribution in [-0.4, -0.2) is 38.4 Å². The normalized spacial score (nSPS) is 16.3. The second-order valence-corrected chi connectivity index (χ2v) is 6.39. The Hall–Kier alpha value is -2.53. The second-order valence-electron chi connectivity index (χ2n) is 6.39. The molecule has 0 spiro atoms. The molecule has 5 heteroatoms. The Balaban J connectivity index is 1.38. The van der Waals surface area contributed by atoms with Crippen molar-refractivity contribution < 1.29 is 19.0 Å². The van der Waals surface area contributed by atoms with Crippen molar-refractivity contribution in [3.63, 3.8) is 0 Å². The molecule has 0 aromatic heterocycles. The van der Waals surface area contributed by atoms with Gasteiger partial charge in [-0.25, -0.2) is 0 Å². The maximum Gasteiger partial charge on any atom is 0.251 e. The highest BCUT2D eigenvalue weighted by molar-refractivity contribution is 5.94. The molecule has 0 unspecified atom stereocenters. The predicted molar refractivity (Wildman–Crippen MR) is 99.9 cm³/mol. The van der Waals surface area contributed by atoms with Crippen LogP contribution in [0, 0.1) is 6.92 Å². The van der Waals surface area contributed by atoms with Crippen molar-refractivity contribution in [3.05, 3.63) is 59.7 Å². The lowest BCUT2D eigenvalue weighted by molar-refractivity contribution is 0.0679. The summed E-state index contributed by atoms with van der Waals surface area (Å²) in [5, 5.41) is 2.86. The van der Waals surface area contributed by atoms with E-state index in [1.165, 1.54) is 0 Å². The molecular weight excluding hydrogens is 330 g/mol. The maximum atomic E-state index is 12.2. The first-order chi connectivity index (χ1) is 12.7. The van der Waals surface area contributed by atoms with E-state index in [9.17, 15) is 4.79 Å². The van der Waals surface area contributed by atoms with Crippen LogP contribution in [-0.2, 0) is 4.74 Å². The van der Waals surface area contributed by atoms with Crippen LogP contribution in [0.3, 0.4) is 0 Å². The minimum atomic E-state index is -0.122. The van der Waals surface area contributed by atoms with Crippen LogP contribution in [0.4, 0.5) is 0 Å². The van der Waals surface area contributed by atoms with Crippen LogP contribution >= 0.6 is 0 Å². The van der Waals surface area contributed by atoms with Gasteiger partial charge < -0.3 is 19.5 Å². The number of carbonyl (C=O) groups excluding carboxylic acids is 1. The molecule has 1 atom stereocenters. The first-order valence-corrected chi connectivity index (χ1v) is 9.03. The molecule has 5 nitrogen and oxygen atoms in total. The summed E-state index contributed by atoms with van der Waals surface area (Å²) in [6.45, 7) is 4.27. The highest BCUT2D eigenvalue weighted by Gasteiger charge is 2.16. The molecule has 0 saturated carbocycles. The summed E-state index contributed by atoms with van der Waals surface area (Å²) in [6, 6.07) is 15.0. The van der Waals surface area contributed by atoms with Crippen LogP contribution in [0.15, 0.2) is 48.5 Å². The van der Waals surface area contributed by atoms with Gasteiger partial charge in [0.15, 0.2) is 0 Å². The first-order valence-electron chi connectivity index (χ1n) is 9.03. The zero-order valence-corrected chi connectivity index (χ0v) is 15.1. The number of benzene rings is 2. The summed E-state index contributed by atoms with van der Waals surface area (Å²) in [7, 11) is 0. The molecule has 1 heterocycles. The molecule has 2 aromatic carbocycles. The summed E-state index contributed by atoms with van der Waals surface area (Å²) >= 11 is 0. The summed E-state index contributed by atoms with van der Waals surface area (Å²) in [6.07, 6.45) is 2.33. The molecule has 1 N–H and O–H groups in total. The highest BCUT2D eigenvalue weighted by atomic mass is 16.5. The Labute approximate surface area is 154 Å². The standard InChI is InChI=1S/C21H25NO4/c1-16-4-2-5-19(14-16)25-13-11-22-21(23)17-7-9-18(10-8-17)26-15-20-6-3-12-24-20/h2,4-5,7-10,14,20H,3,6,11-13,15H2,1H3,(H,22,23)/t20-/m1/s1. The zero-order chi connectivity index (χ0) is 18.2. The van der Waals surface area contributed by atoms with Gasteiger partial charge in [0.2, 0.25) is 0 Å². The highest BCUT2D eigenvalue weighted by Crippen LogP contribution is 2.16. The molecule has 2 aromatic rings. The lowest BCUT2D eigenvalue weighted by Crippen LogP contribution is -2.28. The first kappa shape index (κ1) is 18.3. The fourth-order valence-electron chi connectivity index (χ4n) is 2.81. The van der Waals surface area contributed by atoms with E-state index in [0.29, 0.717) is 25.3 Å². The fraction of sp³-hybridized carbons (Fsp3) is 0.381. The van der Waals surface area contributed by atoms with E-state index in [1.807, 2.05) is 43.3 Å². The van der Waals surface area contributed by atoms with Crippen LogP contribution < -0.4 is 14.8 Å². The SMILES string of the molecule is Cc1cccc(OCCNC(=O)c2ccc(OC[C@H]3CCCO3)cc2)c1. The van der Waals surface area contributed by atoms with E-state index < -0.39 is 0 Å². The monoisotopic (exact) mass is 355 g/mol. The van der Waals surface area contributed by atoms with Crippen molar-refractivity contribution in [3.8, 4) is 11.5 Å². The third-order valence-corrected chi connectivity index (χ3v) is 4.22. The van der Waals surface area contributed by atoms with Gasteiger partial charge in [-0.3, -0.25) is 4.79 Å². The number of rotatable bonds is 8. The van der Waals surface area contributed by atoms with Gasteiger partial charge in [0.25, 0.3) is 5.91 Å². The molecule has 1 fully saturated rings. The van der Waals surface area contributed by atoms with Crippen LogP contribution in [0.25, 0.3) is 0 Å². The van der Waals surface area contributed by atoms with E-state index in [-0.39, 0.29) is 12.0 Å². The van der Waals surface area contributed by atoms with Crippen molar-refractivity contribution in [1.82, 2.24) is 5.32 Å². The third-order valence-electron chi connectivity index (χ3n) is 4.22. The van der Waals surface area contributed by atoms with E-state index in [2.05, 4.69) is 5.32 Å². The number of ether oxygens (including phenoxy) is 3. The van der Waals surface area contributed by atoms with Crippen LogP contribution in [0.1, 0.15) is 28.8 Å². The molecule has 1 amide bonds. The second kappa shape index (κ2) is 9.25. The van der Waals surface area contributed by atoms with Gasteiger partial charge >= 0.3 is 0 Å². The van der Waals surface area contributed by atoms with Gasteiger partial charge in [0.05, 0.1) is 12.6 Å². The Morgan fingerprint density at radius 1 is 1.15 bits per heavy atom. The minimum absolute atomic E-state index is 0.122. The molecule has 0 bridgehead atoms. The van der Waals surface area contributed by atoms with Gasteiger partial charge in [-0.1, -0.05) is 12.1 Å². The molecule has 0 radical (unpaired) electrons. The Bertz CT molecular complexity index is 708. The van der Waals surface area contributed by atoms with Crippen LogP contribution in [0.2, 0.25) is 0 Å². The Morgan fingerprint density at radius 3 is 2.73 bits per heavy atom. The lowest BCUT2D eigenvalue weighted by atomic mass is 10.2. The van der Waals surface area contributed by atoms with E-state index in [1.54, 1.807) is 12.1 Å². The zero-order valence-electron chi connectivity index (χ0n) is 15.1. The van der Waals surface area contributed by atoms with E-state index in [4.69, 9.17) is 14.2 Å². The van der Waals surface area contributed by atoms with Crippen LogP contribution in [0.5, 0.6) is 11.5 Å². The smallest absolute Gasteiger partial charge is 0.251 e. The van der Waals surface area contributed by atoms with E-state index in [0.717, 1.165) is 36.5 Å². The topological polar surface area (TPSA) is 56.8 Å². The molecule has 26 heavy (non-hydrogen) atoms. The number of nitrogens with one attached hydrogen (secondary N) is 1. The van der Waals surface area contributed by atoms with Gasteiger partial charge in [0.1, 0.15) is 24.7 Å². The molecule has 138 valence electrons. The molecule has 3 rings (SSSR count). The largest absolute Gasteiger partial charge is 0.492 e. The Morgan fingerprint density at radius 2 is 2.00 bits per heavy atom. The van der Waals surface area contributed by atoms with Crippen molar-refractivity contribution >= 4 is 5.91 Å². The van der Waals surface area contributed by atoms with E-state index >= 15 is 0 Å². The molecular formula is C21H25NO4. The van der Waals surface area contributed by atoms with Crippen molar-refractivity contribution in [2.45, 2.75) is 25.9 Å². The Kier molecular flexibility index (Phi) is 6.50. The summed E-state index contributed by atoms with van der Waals surface area (Å²) < 4.78 is 16.9. The summed E-state index contributed by atoms with van der Waals surface area (Å²) in [5.74, 6) is 1.44. The average molecular weight is 355 g/mol. The maximum absolute atomic E-state index is 12.2. The third kappa shape index (κ3) is 5.49. The summed E-state index contributed by atoms with van der Waals surface area (Å²) in [5.41, 5.74) is 1.75. The summed E-state index contributed by atoms with van der Waals surface area (Å²) in [4.78, 5) is 12.2. The quantitative estimate of drug-likeness (QED) is 0.738. The van der Waals surface area contributed by atoms with Gasteiger partial charge in [-0.05, 0) is 61.7 Å². The minimum Gasteiger partial charge on any atom is -0.492 e. The van der Waals surface area contributed by atoms with Crippen molar-refractivity contribution in [2.24, 2.45) is 0 Å². The fourth-order valence-corrected chi connectivity index (χ4v) is 2.81. The molecule has 0 aliphatic carbocycles. The predicted octanol–water partition coefficient (Wildman–Crippen LogP) is 3.36. The van der Waals surface area contributed by atoms with Gasteiger partial charge in [0, 0.05) is 12.2 Å². The lowest BCUT2D eigenvalue weighted by Gasteiger charge is -2.12. The molecule has 1 aliphatic heterocycles. The molecule has 1 aliphatic rings. The number of hydrogen-bond donors (Lipinski definition) is 1. The average Bonchev–Trinajstić information content (AvgIpc) is 3.17. The number of carbonyl (C=O) groups is 1. The van der Waals surface area contributed by atoms with Gasteiger partial charge in [-0.15, -0.1) is 0 Å². The van der Waals surface area contributed by atoms with Gasteiger partial charge in [-0.2, -0.15) is 0 Å². The van der Waals surface area contributed by atoms with Crippen molar-refractivity contribution in [1.29, 1.82) is 0 Å².